The Hall–Kier alpha value is -2.09. The first-order chi connectivity index (χ1) is 13.6. The number of benzene rings is 1. The Kier molecular flexibility index (Phi) is 7.71. The third kappa shape index (κ3) is 6.22. The molecule has 2 aromatic rings. The third-order valence-electron chi connectivity index (χ3n) is 4.44. The molecule has 1 aliphatic rings. The number of nitrogens with zero attached hydrogens (tertiary/aromatic N) is 4. The summed E-state index contributed by atoms with van der Waals surface area (Å²) >= 11 is 11.8. The number of ether oxygens (including phenoxy) is 1. The van der Waals surface area contributed by atoms with E-state index in [-0.39, 0.29) is 12.5 Å². The van der Waals surface area contributed by atoms with Crippen LogP contribution in [0.15, 0.2) is 36.7 Å². The van der Waals surface area contributed by atoms with Gasteiger partial charge in [-0.25, -0.2) is 9.97 Å². The first-order valence-corrected chi connectivity index (χ1v) is 9.96. The number of amides is 1. The van der Waals surface area contributed by atoms with Crippen LogP contribution in [0.2, 0.25) is 10.0 Å². The number of anilines is 1. The van der Waals surface area contributed by atoms with E-state index in [1.165, 1.54) is 0 Å². The second-order valence-electron chi connectivity index (χ2n) is 6.45. The van der Waals surface area contributed by atoms with Crippen molar-refractivity contribution in [2.75, 3.05) is 50.8 Å². The van der Waals surface area contributed by atoms with E-state index in [9.17, 15) is 4.79 Å². The van der Waals surface area contributed by atoms with Crippen LogP contribution in [0.1, 0.15) is 6.42 Å². The molecular weight excluding hydrogens is 401 g/mol. The van der Waals surface area contributed by atoms with Gasteiger partial charge in [0.1, 0.15) is 5.75 Å². The van der Waals surface area contributed by atoms with Crippen LogP contribution in [0.25, 0.3) is 0 Å². The maximum atomic E-state index is 11.9. The number of piperazine rings is 1. The lowest BCUT2D eigenvalue weighted by Gasteiger charge is -2.34. The first-order valence-electron chi connectivity index (χ1n) is 9.21. The van der Waals surface area contributed by atoms with Gasteiger partial charge in [0.2, 0.25) is 5.95 Å². The summed E-state index contributed by atoms with van der Waals surface area (Å²) in [7, 11) is 0. The van der Waals surface area contributed by atoms with Gasteiger partial charge < -0.3 is 15.0 Å². The summed E-state index contributed by atoms with van der Waals surface area (Å²) in [5.41, 5.74) is 0. The predicted molar refractivity (Wildman–Crippen MR) is 110 cm³/mol. The molecule has 0 bridgehead atoms. The highest BCUT2D eigenvalue weighted by atomic mass is 35.5. The van der Waals surface area contributed by atoms with Crippen molar-refractivity contribution in [3.05, 3.63) is 46.7 Å². The van der Waals surface area contributed by atoms with Crippen LogP contribution in [0.4, 0.5) is 5.95 Å². The van der Waals surface area contributed by atoms with E-state index >= 15 is 0 Å². The quantitative estimate of drug-likeness (QED) is 0.657. The standard InChI is InChI=1S/C19H23Cl2N5O2/c20-16-4-3-15(13-17(16)21)28-14-18(27)22-7-2-8-25-9-11-26(12-10-25)19-23-5-1-6-24-19/h1,3-6,13H,2,7-12,14H2,(H,22,27). The fourth-order valence-electron chi connectivity index (χ4n) is 2.92. The van der Waals surface area contributed by atoms with Gasteiger partial charge in [-0.3, -0.25) is 9.69 Å². The minimum atomic E-state index is -0.155. The maximum absolute atomic E-state index is 11.9. The molecule has 2 heterocycles. The molecule has 3 rings (SSSR count). The minimum absolute atomic E-state index is 0.0479. The van der Waals surface area contributed by atoms with Gasteiger partial charge in [0.05, 0.1) is 10.0 Å². The molecule has 0 spiro atoms. The smallest absolute Gasteiger partial charge is 0.257 e. The number of nitrogens with one attached hydrogen (secondary N) is 1. The van der Waals surface area contributed by atoms with Gasteiger partial charge in [-0.2, -0.15) is 0 Å². The maximum Gasteiger partial charge on any atom is 0.257 e. The van der Waals surface area contributed by atoms with Gasteiger partial charge in [0, 0.05) is 51.2 Å². The number of rotatable bonds is 8. The van der Waals surface area contributed by atoms with Gasteiger partial charge in [-0.05, 0) is 31.2 Å². The Bertz CT molecular complexity index is 770. The highest BCUT2D eigenvalue weighted by Crippen LogP contribution is 2.26. The number of carbonyl (C=O) groups is 1. The van der Waals surface area contributed by atoms with Crippen molar-refractivity contribution < 1.29 is 9.53 Å². The van der Waals surface area contributed by atoms with E-state index in [1.54, 1.807) is 30.6 Å². The van der Waals surface area contributed by atoms with Gasteiger partial charge >= 0.3 is 0 Å². The number of aromatic nitrogens is 2. The summed E-state index contributed by atoms with van der Waals surface area (Å²) in [4.78, 5) is 25.1. The van der Waals surface area contributed by atoms with Crippen LogP contribution in [0.3, 0.4) is 0 Å². The van der Waals surface area contributed by atoms with Gasteiger partial charge in [0.15, 0.2) is 6.61 Å². The molecule has 9 heteroatoms. The van der Waals surface area contributed by atoms with Crippen LogP contribution in [-0.2, 0) is 4.79 Å². The van der Waals surface area contributed by atoms with Gasteiger partial charge in [0.25, 0.3) is 5.91 Å². The number of carbonyl (C=O) groups excluding carboxylic acids is 1. The van der Waals surface area contributed by atoms with Gasteiger partial charge in [-0.15, -0.1) is 0 Å². The molecule has 28 heavy (non-hydrogen) atoms. The molecule has 0 atom stereocenters. The highest BCUT2D eigenvalue weighted by Gasteiger charge is 2.18. The van der Waals surface area contributed by atoms with E-state index in [0.717, 1.165) is 45.1 Å². The molecular formula is C19H23Cl2N5O2. The summed E-state index contributed by atoms with van der Waals surface area (Å²) in [6.45, 7) is 5.26. The Morgan fingerprint density at radius 3 is 2.57 bits per heavy atom. The largest absolute Gasteiger partial charge is 0.484 e. The van der Waals surface area contributed by atoms with Crippen molar-refractivity contribution in [2.45, 2.75) is 6.42 Å². The summed E-state index contributed by atoms with van der Waals surface area (Å²) in [5, 5.41) is 3.73. The molecule has 0 radical (unpaired) electrons. The molecule has 1 N–H and O–H groups in total. The van der Waals surface area contributed by atoms with E-state index in [1.807, 2.05) is 6.07 Å². The van der Waals surface area contributed by atoms with Crippen molar-refractivity contribution in [3.8, 4) is 5.75 Å². The van der Waals surface area contributed by atoms with Crippen LogP contribution >= 0.6 is 23.2 Å². The van der Waals surface area contributed by atoms with Crippen LogP contribution in [0, 0.1) is 0 Å². The SMILES string of the molecule is O=C(COc1ccc(Cl)c(Cl)c1)NCCCN1CCN(c2ncccn2)CC1. The average molecular weight is 424 g/mol. The normalized spacial score (nSPS) is 14.7. The Morgan fingerprint density at radius 1 is 1.11 bits per heavy atom. The zero-order valence-electron chi connectivity index (χ0n) is 15.5. The van der Waals surface area contributed by atoms with Crippen LogP contribution in [-0.4, -0.2) is 66.7 Å². The molecule has 0 unspecified atom stereocenters. The monoisotopic (exact) mass is 423 g/mol. The lowest BCUT2D eigenvalue weighted by Crippen LogP contribution is -2.47. The van der Waals surface area contributed by atoms with Crippen LogP contribution < -0.4 is 15.0 Å². The van der Waals surface area contributed by atoms with Crippen molar-refractivity contribution in [1.29, 1.82) is 0 Å². The first kappa shape index (κ1) is 20.6. The summed E-state index contributed by atoms with van der Waals surface area (Å²) in [5.74, 6) is 1.15. The minimum Gasteiger partial charge on any atom is -0.484 e. The van der Waals surface area contributed by atoms with E-state index in [0.29, 0.717) is 22.3 Å². The fourth-order valence-corrected chi connectivity index (χ4v) is 3.21. The zero-order chi connectivity index (χ0) is 19.8. The van der Waals surface area contributed by atoms with E-state index < -0.39 is 0 Å². The summed E-state index contributed by atoms with van der Waals surface area (Å²) in [6.07, 6.45) is 4.42. The summed E-state index contributed by atoms with van der Waals surface area (Å²) < 4.78 is 5.42. The van der Waals surface area contributed by atoms with Crippen molar-refractivity contribution in [3.63, 3.8) is 0 Å². The van der Waals surface area contributed by atoms with E-state index in [4.69, 9.17) is 27.9 Å². The molecule has 150 valence electrons. The second kappa shape index (κ2) is 10.5. The lowest BCUT2D eigenvalue weighted by molar-refractivity contribution is -0.123. The highest BCUT2D eigenvalue weighted by molar-refractivity contribution is 6.42. The average Bonchev–Trinajstić information content (AvgIpc) is 2.73. The summed E-state index contributed by atoms with van der Waals surface area (Å²) in [6, 6.07) is 6.74. The molecule has 1 amide bonds. The molecule has 1 aromatic heterocycles. The fraction of sp³-hybridized carbons (Fsp3) is 0.421. The zero-order valence-corrected chi connectivity index (χ0v) is 17.0. The Balaban J connectivity index is 1.27. The Labute approximate surface area is 174 Å². The Morgan fingerprint density at radius 2 is 1.86 bits per heavy atom. The lowest BCUT2D eigenvalue weighted by atomic mass is 10.3. The van der Waals surface area contributed by atoms with Crippen molar-refractivity contribution >= 4 is 35.1 Å². The molecule has 7 nitrogen and oxygen atoms in total. The molecule has 0 saturated carbocycles. The van der Waals surface area contributed by atoms with Gasteiger partial charge in [-0.1, -0.05) is 23.2 Å². The van der Waals surface area contributed by atoms with Crippen molar-refractivity contribution in [2.24, 2.45) is 0 Å². The molecule has 1 fully saturated rings. The number of hydrogen-bond donors (Lipinski definition) is 1. The second-order valence-corrected chi connectivity index (χ2v) is 7.26. The topological polar surface area (TPSA) is 70.6 Å². The van der Waals surface area contributed by atoms with Crippen molar-refractivity contribution in [1.82, 2.24) is 20.2 Å². The van der Waals surface area contributed by atoms with Crippen LogP contribution in [0.5, 0.6) is 5.75 Å². The molecule has 1 aromatic carbocycles. The molecule has 1 saturated heterocycles. The molecule has 0 aliphatic carbocycles. The predicted octanol–water partition coefficient (Wildman–Crippen LogP) is 2.49. The number of halogens is 2. The third-order valence-corrected chi connectivity index (χ3v) is 5.18. The molecule has 1 aliphatic heterocycles. The number of hydrogen-bond acceptors (Lipinski definition) is 6. The van der Waals surface area contributed by atoms with E-state index in [2.05, 4.69) is 25.1 Å².